The molecule has 112 valence electrons. The molecule has 2 N–H and O–H groups in total. The van der Waals surface area contributed by atoms with Crippen molar-refractivity contribution in [2.24, 2.45) is 11.3 Å². The number of nitrogens with one attached hydrogen (secondary N) is 1. The smallest absolute Gasteiger partial charge is 0.407 e. The lowest BCUT2D eigenvalue weighted by atomic mass is 9.94. The number of carbonyl (C=O) groups is 1. The van der Waals surface area contributed by atoms with Gasteiger partial charge in [0.2, 0.25) is 0 Å². The van der Waals surface area contributed by atoms with Gasteiger partial charge < -0.3 is 15.2 Å². The van der Waals surface area contributed by atoms with Crippen LogP contribution in [0.3, 0.4) is 0 Å². The molecule has 0 radical (unpaired) electrons. The highest BCUT2D eigenvalue weighted by Crippen LogP contribution is 2.49. The molecule has 1 rings (SSSR count). The highest BCUT2D eigenvalue weighted by atomic mass is 16.6. The van der Waals surface area contributed by atoms with Crippen LogP contribution in [0.25, 0.3) is 0 Å². The average molecular weight is 271 g/mol. The van der Waals surface area contributed by atoms with Gasteiger partial charge in [-0.05, 0) is 57.8 Å². The van der Waals surface area contributed by atoms with E-state index in [1.54, 1.807) is 0 Å². The van der Waals surface area contributed by atoms with E-state index < -0.39 is 5.60 Å². The van der Waals surface area contributed by atoms with Crippen LogP contribution in [-0.4, -0.2) is 29.4 Å². The summed E-state index contributed by atoms with van der Waals surface area (Å²) in [6, 6.07) is 0. The largest absolute Gasteiger partial charge is 0.444 e. The molecule has 1 fully saturated rings. The van der Waals surface area contributed by atoms with Gasteiger partial charge in [0, 0.05) is 6.54 Å². The summed E-state index contributed by atoms with van der Waals surface area (Å²) in [5.41, 5.74) is -0.289. The average Bonchev–Trinajstić information content (AvgIpc) is 3.00. The molecule has 0 bridgehead atoms. The topological polar surface area (TPSA) is 58.6 Å². The molecule has 0 aromatic carbocycles. The van der Waals surface area contributed by atoms with Crippen molar-refractivity contribution in [3.63, 3.8) is 0 Å². The Morgan fingerprint density at radius 1 is 1.37 bits per heavy atom. The number of rotatable bonds is 6. The Kier molecular flexibility index (Phi) is 5.25. The number of hydrogen-bond acceptors (Lipinski definition) is 3. The summed E-state index contributed by atoms with van der Waals surface area (Å²) in [7, 11) is 0. The van der Waals surface area contributed by atoms with Crippen molar-refractivity contribution in [1.29, 1.82) is 0 Å². The van der Waals surface area contributed by atoms with Crippen LogP contribution in [0.1, 0.15) is 60.3 Å². The lowest BCUT2D eigenvalue weighted by Gasteiger charge is -2.22. The molecule has 4 nitrogen and oxygen atoms in total. The third-order valence-corrected chi connectivity index (χ3v) is 3.77. The number of aliphatic hydroxyl groups excluding tert-OH is 1. The van der Waals surface area contributed by atoms with Crippen LogP contribution in [0.2, 0.25) is 0 Å². The fourth-order valence-electron chi connectivity index (χ4n) is 2.00. The summed E-state index contributed by atoms with van der Waals surface area (Å²) in [4.78, 5) is 11.5. The van der Waals surface area contributed by atoms with E-state index in [0.29, 0.717) is 12.5 Å². The second kappa shape index (κ2) is 6.12. The number of alkyl carbamates (subject to hydrolysis) is 1. The molecule has 1 saturated carbocycles. The number of amides is 1. The van der Waals surface area contributed by atoms with Crippen LogP contribution in [-0.2, 0) is 4.74 Å². The molecule has 1 aliphatic carbocycles. The van der Waals surface area contributed by atoms with Gasteiger partial charge in [0.05, 0.1) is 6.10 Å². The molecule has 1 amide bonds. The van der Waals surface area contributed by atoms with Crippen molar-refractivity contribution in [1.82, 2.24) is 5.32 Å². The molecule has 1 aliphatic rings. The molecular formula is C15H29NO3. The summed E-state index contributed by atoms with van der Waals surface area (Å²) in [5.74, 6) is 0.351. The maximum Gasteiger partial charge on any atom is 0.407 e. The van der Waals surface area contributed by atoms with Gasteiger partial charge >= 0.3 is 6.09 Å². The summed E-state index contributed by atoms with van der Waals surface area (Å²) in [6.45, 7) is 10.4. The molecule has 0 spiro atoms. The summed E-state index contributed by atoms with van der Waals surface area (Å²) in [6.07, 6.45) is 3.45. The number of aliphatic hydroxyl groups is 1. The molecule has 0 aromatic heterocycles. The Labute approximate surface area is 116 Å². The van der Waals surface area contributed by atoms with E-state index in [0.717, 1.165) is 25.7 Å². The first-order chi connectivity index (χ1) is 8.62. The van der Waals surface area contributed by atoms with Gasteiger partial charge in [-0.3, -0.25) is 0 Å². The third-order valence-electron chi connectivity index (χ3n) is 3.77. The minimum absolute atomic E-state index is 0.165. The summed E-state index contributed by atoms with van der Waals surface area (Å²) >= 11 is 0. The van der Waals surface area contributed by atoms with Gasteiger partial charge in [0.1, 0.15) is 5.60 Å². The van der Waals surface area contributed by atoms with E-state index in [1.807, 2.05) is 20.8 Å². The van der Waals surface area contributed by atoms with Gasteiger partial charge in [0.25, 0.3) is 0 Å². The molecule has 4 heteroatoms. The maximum atomic E-state index is 11.5. The Morgan fingerprint density at radius 3 is 2.42 bits per heavy atom. The van der Waals surface area contributed by atoms with Crippen LogP contribution < -0.4 is 5.32 Å². The van der Waals surface area contributed by atoms with E-state index in [-0.39, 0.29) is 17.6 Å². The SMILES string of the molecule is CC(CCC(O)C1(C)CC1)CNC(=O)OC(C)(C)C. The molecule has 2 unspecified atom stereocenters. The standard InChI is InChI=1S/C15H29NO3/c1-11(6-7-12(17)15(5)8-9-15)10-16-13(18)19-14(2,3)4/h11-12,17H,6-10H2,1-5H3,(H,16,18). The quantitative estimate of drug-likeness (QED) is 0.780. The zero-order valence-electron chi connectivity index (χ0n) is 13.0. The monoisotopic (exact) mass is 271 g/mol. The first kappa shape index (κ1) is 16.3. The first-order valence-electron chi connectivity index (χ1n) is 7.27. The number of ether oxygens (including phenoxy) is 1. The van der Waals surface area contributed by atoms with Crippen LogP contribution in [0.15, 0.2) is 0 Å². The van der Waals surface area contributed by atoms with Crippen molar-refractivity contribution in [2.45, 2.75) is 72.0 Å². The zero-order valence-corrected chi connectivity index (χ0v) is 13.0. The van der Waals surface area contributed by atoms with E-state index in [9.17, 15) is 9.90 Å². The second-order valence-corrected chi connectivity index (χ2v) is 7.24. The first-order valence-corrected chi connectivity index (χ1v) is 7.27. The lowest BCUT2D eigenvalue weighted by Crippen LogP contribution is -2.35. The van der Waals surface area contributed by atoms with Crippen molar-refractivity contribution >= 4 is 6.09 Å². The van der Waals surface area contributed by atoms with Crippen LogP contribution in [0.4, 0.5) is 4.79 Å². The molecular weight excluding hydrogens is 242 g/mol. The highest BCUT2D eigenvalue weighted by molar-refractivity contribution is 5.67. The number of carbonyl (C=O) groups excluding carboxylic acids is 1. The van der Waals surface area contributed by atoms with Crippen LogP contribution >= 0.6 is 0 Å². The van der Waals surface area contributed by atoms with Crippen molar-refractivity contribution in [3.8, 4) is 0 Å². The molecule has 2 atom stereocenters. The van der Waals surface area contributed by atoms with Crippen molar-refractivity contribution in [2.75, 3.05) is 6.54 Å². The molecule has 0 heterocycles. The van der Waals surface area contributed by atoms with Crippen molar-refractivity contribution in [3.05, 3.63) is 0 Å². The van der Waals surface area contributed by atoms with Crippen LogP contribution in [0.5, 0.6) is 0 Å². The Morgan fingerprint density at radius 2 is 1.95 bits per heavy atom. The fourth-order valence-corrected chi connectivity index (χ4v) is 2.00. The Bertz CT molecular complexity index is 305. The van der Waals surface area contributed by atoms with Crippen molar-refractivity contribution < 1.29 is 14.6 Å². The normalized spacial score (nSPS) is 20.5. The number of hydrogen-bond donors (Lipinski definition) is 2. The molecule has 0 aliphatic heterocycles. The Balaban J connectivity index is 2.14. The molecule has 0 aromatic rings. The van der Waals surface area contributed by atoms with E-state index in [4.69, 9.17) is 4.74 Å². The summed E-state index contributed by atoms with van der Waals surface area (Å²) in [5, 5.41) is 12.8. The lowest BCUT2D eigenvalue weighted by molar-refractivity contribution is 0.0515. The fraction of sp³-hybridized carbons (Fsp3) is 0.933. The predicted octanol–water partition coefficient (Wildman–Crippen LogP) is 3.09. The minimum Gasteiger partial charge on any atom is -0.444 e. The highest BCUT2D eigenvalue weighted by Gasteiger charge is 2.43. The van der Waals surface area contributed by atoms with Gasteiger partial charge in [-0.25, -0.2) is 4.79 Å². The van der Waals surface area contributed by atoms with Gasteiger partial charge in [-0.2, -0.15) is 0 Å². The third kappa shape index (κ3) is 6.28. The van der Waals surface area contributed by atoms with E-state index >= 15 is 0 Å². The van der Waals surface area contributed by atoms with E-state index in [2.05, 4.69) is 19.2 Å². The van der Waals surface area contributed by atoms with Crippen LogP contribution in [0, 0.1) is 11.3 Å². The molecule has 19 heavy (non-hydrogen) atoms. The molecule has 0 saturated heterocycles. The zero-order chi connectivity index (χ0) is 14.7. The second-order valence-electron chi connectivity index (χ2n) is 7.24. The Hall–Kier alpha value is -0.770. The van der Waals surface area contributed by atoms with Gasteiger partial charge in [-0.1, -0.05) is 13.8 Å². The van der Waals surface area contributed by atoms with Gasteiger partial charge in [0.15, 0.2) is 0 Å². The summed E-state index contributed by atoms with van der Waals surface area (Å²) < 4.78 is 5.18. The minimum atomic E-state index is -0.454. The van der Waals surface area contributed by atoms with E-state index in [1.165, 1.54) is 0 Å². The maximum absolute atomic E-state index is 11.5. The van der Waals surface area contributed by atoms with Gasteiger partial charge in [-0.15, -0.1) is 0 Å². The predicted molar refractivity (Wildman–Crippen MR) is 76.0 cm³/mol.